The number of nitrogens with one attached hydrogen (secondary N) is 2. The number of aromatic nitrogens is 2. The first-order valence-electron chi connectivity index (χ1n) is 10.7. The Morgan fingerprint density at radius 2 is 1.90 bits per heavy atom. The number of carbonyl (C=O) groups is 1. The zero-order valence-corrected chi connectivity index (χ0v) is 19.7. The van der Waals surface area contributed by atoms with Crippen LogP contribution in [0.3, 0.4) is 0 Å². The summed E-state index contributed by atoms with van der Waals surface area (Å²) in [5.74, 6) is 0.871. The number of thioether (sulfide) groups is 1. The third-order valence-electron chi connectivity index (χ3n) is 5.00. The van der Waals surface area contributed by atoms with Crippen LogP contribution < -0.4 is 10.6 Å². The molecule has 1 aromatic carbocycles. The molecule has 1 amide bonds. The van der Waals surface area contributed by atoms with Gasteiger partial charge in [-0.2, -0.15) is 0 Å². The second-order valence-electron chi connectivity index (χ2n) is 8.71. The summed E-state index contributed by atoms with van der Waals surface area (Å²) in [6, 6.07) is 10.6. The molecule has 0 unspecified atom stereocenters. The number of anilines is 1. The van der Waals surface area contributed by atoms with Gasteiger partial charge in [-0.25, -0.2) is 14.8 Å². The van der Waals surface area contributed by atoms with Crippen LogP contribution in [-0.2, 0) is 17.8 Å². The van der Waals surface area contributed by atoms with E-state index in [4.69, 9.17) is 9.72 Å². The van der Waals surface area contributed by atoms with Gasteiger partial charge >= 0.3 is 6.09 Å². The maximum absolute atomic E-state index is 12.3. The van der Waals surface area contributed by atoms with Gasteiger partial charge in [0.15, 0.2) is 5.16 Å². The first-order valence-corrected chi connectivity index (χ1v) is 12.0. The van der Waals surface area contributed by atoms with Gasteiger partial charge in [0.05, 0.1) is 0 Å². The number of piperidine rings is 1. The van der Waals surface area contributed by atoms with Crippen molar-refractivity contribution in [3.05, 3.63) is 47.7 Å². The quantitative estimate of drug-likeness (QED) is 0.488. The van der Waals surface area contributed by atoms with Gasteiger partial charge in [-0.1, -0.05) is 42.1 Å². The predicted molar refractivity (Wildman–Crippen MR) is 125 cm³/mol. The van der Waals surface area contributed by atoms with Gasteiger partial charge in [0, 0.05) is 44.0 Å². The molecule has 0 radical (unpaired) electrons. The van der Waals surface area contributed by atoms with Gasteiger partial charge in [-0.15, -0.1) is 0 Å². The van der Waals surface area contributed by atoms with Crippen LogP contribution >= 0.6 is 11.8 Å². The lowest BCUT2D eigenvalue weighted by atomic mass is 10.1. The van der Waals surface area contributed by atoms with Crippen LogP contribution in [0.5, 0.6) is 0 Å². The molecule has 8 heteroatoms. The molecule has 2 aromatic rings. The van der Waals surface area contributed by atoms with E-state index in [0.29, 0.717) is 19.6 Å². The van der Waals surface area contributed by atoms with Crippen LogP contribution in [0.4, 0.5) is 10.6 Å². The summed E-state index contributed by atoms with van der Waals surface area (Å²) < 4.78 is 5.50. The van der Waals surface area contributed by atoms with Gasteiger partial charge < -0.3 is 20.3 Å². The number of amides is 1. The summed E-state index contributed by atoms with van der Waals surface area (Å²) in [5.41, 5.74) is 1.82. The number of likely N-dealkylation sites (tertiary alicyclic amines) is 1. The molecule has 0 aliphatic carbocycles. The summed E-state index contributed by atoms with van der Waals surface area (Å²) in [5, 5.41) is 7.83. The number of rotatable bonds is 7. The Labute approximate surface area is 189 Å². The number of nitrogens with zero attached hydrogens (tertiary/aromatic N) is 3. The summed E-state index contributed by atoms with van der Waals surface area (Å²) in [6.45, 7) is 8.51. The second-order valence-corrected chi connectivity index (χ2v) is 9.48. The summed E-state index contributed by atoms with van der Waals surface area (Å²) in [6.07, 6.45) is 5.35. The van der Waals surface area contributed by atoms with Crippen molar-refractivity contribution in [1.29, 1.82) is 0 Å². The van der Waals surface area contributed by atoms with Crippen molar-refractivity contribution in [3.63, 3.8) is 0 Å². The molecule has 1 aromatic heterocycles. The van der Waals surface area contributed by atoms with E-state index in [2.05, 4.69) is 27.8 Å². The second kappa shape index (κ2) is 10.8. The van der Waals surface area contributed by atoms with E-state index in [1.165, 1.54) is 17.3 Å². The van der Waals surface area contributed by atoms with Gasteiger partial charge in [0.1, 0.15) is 11.4 Å². The number of ether oxygens (including phenoxy) is 1. The molecule has 0 bridgehead atoms. The molecule has 0 saturated carbocycles. The van der Waals surface area contributed by atoms with Gasteiger partial charge in [0.25, 0.3) is 0 Å². The van der Waals surface area contributed by atoms with Crippen LogP contribution in [0.15, 0.2) is 41.7 Å². The zero-order chi connectivity index (χ0) is 22.3. The van der Waals surface area contributed by atoms with Crippen molar-refractivity contribution < 1.29 is 9.53 Å². The van der Waals surface area contributed by atoms with Crippen molar-refractivity contribution >= 4 is 23.7 Å². The van der Waals surface area contributed by atoms with Crippen LogP contribution in [0.2, 0.25) is 0 Å². The fraction of sp³-hybridized carbons (Fsp3) is 0.522. The van der Waals surface area contributed by atoms with E-state index in [9.17, 15) is 4.79 Å². The highest BCUT2D eigenvalue weighted by molar-refractivity contribution is 7.98. The molecule has 1 aliphatic rings. The van der Waals surface area contributed by atoms with E-state index < -0.39 is 5.60 Å². The number of hydrogen-bond donors (Lipinski definition) is 2. The van der Waals surface area contributed by atoms with Crippen LogP contribution in [-0.4, -0.2) is 51.9 Å². The lowest BCUT2D eigenvalue weighted by molar-refractivity contribution is 0.0210. The Bertz CT molecular complexity index is 849. The summed E-state index contributed by atoms with van der Waals surface area (Å²) in [7, 11) is 0. The number of carbonyl (C=O) groups excluding carboxylic acids is 1. The van der Waals surface area contributed by atoms with Gasteiger partial charge in [0.2, 0.25) is 0 Å². The minimum atomic E-state index is -0.469. The number of hydrogen-bond acceptors (Lipinski definition) is 7. The van der Waals surface area contributed by atoms with Crippen molar-refractivity contribution in [2.24, 2.45) is 0 Å². The first-order chi connectivity index (χ1) is 14.8. The molecule has 168 valence electrons. The molecule has 1 fully saturated rings. The Morgan fingerprint density at radius 1 is 1.19 bits per heavy atom. The highest BCUT2D eigenvalue weighted by atomic mass is 32.2. The third kappa shape index (κ3) is 7.40. The van der Waals surface area contributed by atoms with Gasteiger partial charge in [-0.05, 0) is 45.4 Å². The average Bonchev–Trinajstić information content (AvgIpc) is 2.75. The molecule has 1 saturated heterocycles. The maximum Gasteiger partial charge on any atom is 0.410 e. The molecule has 1 aliphatic heterocycles. The molecular formula is C23H33N5O2S. The highest BCUT2D eigenvalue weighted by Crippen LogP contribution is 2.22. The fourth-order valence-electron chi connectivity index (χ4n) is 3.41. The minimum Gasteiger partial charge on any atom is -0.444 e. The van der Waals surface area contributed by atoms with Crippen molar-refractivity contribution in [2.45, 2.75) is 63.5 Å². The van der Waals surface area contributed by atoms with Crippen molar-refractivity contribution in [2.75, 3.05) is 24.7 Å². The van der Waals surface area contributed by atoms with E-state index >= 15 is 0 Å². The Balaban J connectivity index is 1.57. The Morgan fingerprint density at radius 3 is 2.55 bits per heavy atom. The molecule has 31 heavy (non-hydrogen) atoms. The van der Waals surface area contributed by atoms with E-state index in [1.807, 2.05) is 51.4 Å². The molecule has 3 rings (SSSR count). The monoisotopic (exact) mass is 443 g/mol. The van der Waals surface area contributed by atoms with E-state index in [-0.39, 0.29) is 12.1 Å². The fourth-order valence-corrected chi connectivity index (χ4v) is 3.75. The normalized spacial score (nSPS) is 15.0. The topological polar surface area (TPSA) is 79.4 Å². The smallest absolute Gasteiger partial charge is 0.410 e. The van der Waals surface area contributed by atoms with Crippen LogP contribution in [0.1, 0.15) is 44.7 Å². The highest BCUT2D eigenvalue weighted by Gasteiger charge is 2.27. The van der Waals surface area contributed by atoms with E-state index in [1.54, 1.807) is 4.90 Å². The van der Waals surface area contributed by atoms with E-state index in [0.717, 1.165) is 35.9 Å². The molecule has 2 N–H and O–H groups in total. The molecule has 0 atom stereocenters. The first kappa shape index (κ1) is 23.3. The molecule has 0 spiro atoms. The molecule has 7 nitrogen and oxygen atoms in total. The maximum atomic E-state index is 12.3. The SMILES string of the molecule is CSc1ncc(CNCc2ccccc2)c(NC2CCN(C(=O)OC(C)(C)C)CC2)n1. The Hall–Kier alpha value is -2.32. The molecular weight excluding hydrogens is 410 g/mol. The third-order valence-corrected chi connectivity index (χ3v) is 5.56. The van der Waals surface area contributed by atoms with Crippen LogP contribution in [0, 0.1) is 0 Å². The van der Waals surface area contributed by atoms with Gasteiger partial charge in [-0.3, -0.25) is 0 Å². The predicted octanol–water partition coefficient (Wildman–Crippen LogP) is 4.30. The lowest BCUT2D eigenvalue weighted by Crippen LogP contribution is -2.44. The largest absolute Gasteiger partial charge is 0.444 e. The van der Waals surface area contributed by atoms with Crippen molar-refractivity contribution in [3.8, 4) is 0 Å². The molecule has 2 heterocycles. The number of benzene rings is 1. The zero-order valence-electron chi connectivity index (χ0n) is 18.9. The summed E-state index contributed by atoms with van der Waals surface area (Å²) >= 11 is 1.53. The lowest BCUT2D eigenvalue weighted by Gasteiger charge is -2.34. The Kier molecular flexibility index (Phi) is 8.15. The van der Waals surface area contributed by atoms with Crippen molar-refractivity contribution in [1.82, 2.24) is 20.2 Å². The standard InChI is InChI=1S/C23H33N5O2S/c1-23(2,3)30-22(29)28-12-10-19(11-13-28)26-20-18(16-25-21(27-20)31-4)15-24-14-17-8-6-5-7-9-17/h5-9,16,19,24H,10-15H2,1-4H3,(H,25,26,27). The average molecular weight is 444 g/mol. The van der Waals surface area contributed by atoms with Crippen LogP contribution in [0.25, 0.3) is 0 Å². The summed E-state index contributed by atoms with van der Waals surface area (Å²) in [4.78, 5) is 23.3. The minimum absolute atomic E-state index is 0.233.